The van der Waals surface area contributed by atoms with Gasteiger partial charge in [0.15, 0.2) is 5.69 Å². The molecule has 2 N–H and O–H groups in total. The fraction of sp³-hybridized carbons (Fsp3) is 0.350. The third kappa shape index (κ3) is 4.84. The quantitative estimate of drug-likeness (QED) is 0.756. The molecule has 0 unspecified atom stereocenters. The molecule has 29 heavy (non-hydrogen) atoms. The summed E-state index contributed by atoms with van der Waals surface area (Å²) in [7, 11) is 0. The van der Waals surface area contributed by atoms with E-state index in [9.17, 15) is 18.0 Å². The Bertz CT molecular complexity index is 915. The van der Waals surface area contributed by atoms with Crippen LogP contribution < -0.4 is 10.2 Å². The molecule has 152 valence electrons. The van der Waals surface area contributed by atoms with Crippen molar-refractivity contribution in [2.45, 2.75) is 25.6 Å². The standard InChI is InChI=1S/C20H19F3N4O2/c1-24-17-4-3-15(10-16(17)20(21,22)23)27-8-6-14(7-9-27)19(29)26-18-5-2-13(12-28)11-25-18/h2-5,10-11,14,28H,6-9,12H2,(H,25,26,29). The molecule has 0 bridgehead atoms. The van der Waals surface area contributed by atoms with E-state index in [0.29, 0.717) is 43.0 Å². The van der Waals surface area contributed by atoms with E-state index in [-0.39, 0.29) is 18.4 Å². The van der Waals surface area contributed by atoms with Crippen LogP contribution in [-0.4, -0.2) is 29.1 Å². The number of carbonyl (C=O) groups is 1. The highest BCUT2D eigenvalue weighted by molar-refractivity contribution is 5.91. The zero-order chi connectivity index (χ0) is 21.0. The molecule has 1 aliphatic rings. The van der Waals surface area contributed by atoms with Gasteiger partial charge in [-0.2, -0.15) is 13.2 Å². The predicted molar refractivity (Wildman–Crippen MR) is 101 cm³/mol. The lowest BCUT2D eigenvalue weighted by atomic mass is 9.95. The number of halogens is 3. The Hall–Kier alpha value is -3.12. The minimum atomic E-state index is -4.59. The van der Waals surface area contributed by atoms with Crippen LogP contribution in [0.1, 0.15) is 24.0 Å². The van der Waals surface area contributed by atoms with Gasteiger partial charge in [-0.1, -0.05) is 12.1 Å². The smallest absolute Gasteiger partial charge is 0.392 e. The van der Waals surface area contributed by atoms with Crippen molar-refractivity contribution in [2.75, 3.05) is 23.3 Å². The number of hydrogen-bond acceptors (Lipinski definition) is 4. The van der Waals surface area contributed by atoms with E-state index in [0.717, 1.165) is 6.07 Å². The van der Waals surface area contributed by atoms with Gasteiger partial charge < -0.3 is 15.3 Å². The molecule has 1 aromatic carbocycles. The van der Waals surface area contributed by atoms with Crippen LogP contribution in [0, 0.1) is 12.5 Å². The van der Waals surface area contributed by atoms with E-state index in [1.165, 1.54) is 18.3 Å². The fourth-order valence-electron chi connectivity index (χ4n) is 3.27. The van der Waals surface area contributed by atoms with Crippen molar-refractivity contribution in [3.63, 3.8) is 0 Å². The number of hydrogen-bond donors (Lipinski definition) is 2. The summed E-state index contributed by atoms with van der Waals surface area (Å²) in [6.45, 7) is 7.65. The minimum Gasteiger partial charge on any atom is -0.392 e. The van der Waals surface area contributed by atoms with Gasteiger partial charge in [0, 0.05) is 30.9 Å². The summed E-state index contributed by atoms with van der Waals surface area (Å²) < 4.78 is 39.5. The van der Waals surface area contributed by atoms with Crippen molar-refractivity contribution >= 4 is 23.1 Å². The molecule has 2 heterocycles. The molecule has 1 aliphatic heterocycles. The topological polar surface area (TPSA) is 69.8 Å². The summed E-state index contributed by atoms with van der Waals surface area (Å²) in [5.41, 5.74) is -0.332. The van der Waals surface area contributed by atoms with E-state index in [4.69, 9.17) is 11.7 Å². The van der Waals surface area contributed by atoms with Crippen molar-refractivity contribution in [3.8, 4) is 0 Å². The summed E-state index contributed by atoms with van der Waals surface area (Å²) in [5.74, 6) is -0.0671. The monoisotopic (exact) mass is 404 g/mol. The lowest BCUT2D eigenvalue weighted by Crippen LogP contribution is -2.38. The molecule has 6 nitrogen and oxygen atoms in total. The average molecular weight is 404 g/mol. The summed E-state index contributed by atoms with van der Waals surface area (Å²) in [4.78, 5) is 21.2. The number of amides is 1. The lowest BCUT2D eigenvalue weighted by Gasteiger charge is -2.33. The zero-order valence-electron chi connectivity index (χ0n) is 15.4. The molecule has 0 atom stereocenters. The van der Waals surface area contributed by atoms with Gasteiger partial charge in [0.05, 0.1) is 18.7 Å². The number of aliphatic hydroxyl groups is 1. The third-order valence-electron chi connectivity index (χ3n) is 4.90. The Morgan fingerprint density at radius 2 is 2.00 bits per heavy atom. The van der Waals surface area contributed by atoms with Crippen molar-refractivity contribution < 1.29 is 23.1 Å². The second-order valence-corrected chi connectivity index (χ2v) is 6.77. The first-order chi connectivity index (χ1) is 13.8. The van der Waals surface area contributed by atoms with Crippen molar-refractivity contribution in [1.82, 2.24) is 4.98 Å². The van der Waals surface area contributed by atoms with Crippen molar-refractivity contribution in [3.05, 3.63) is 59.1 Å². The maximum absolute atomic E-state index is 13.2. The van der Waals surface area contributed by atoms with Crippen LogP contribution in [0.15, 0.2) is 36.5 Å². The highest BCUT2D eigenvalue weighted by Gasteiger charge is 2.34. The van der Waals surface area contributed by atoms with Crippen LogP contribution >= 0.6 is 0 Å². The van der Waals surface area contributed by atoms with Gasteiger partial charge in [0.1, 0.15) is 5.82 Å². The first-order valence-electron chi connectivity index (χ1n) is 9.02. The van der Waals surface area contributed by atoms with E-state index < -0.39 is 17.4 Å². The van der Waals surface area contributed by atoms with Crippen molar-refractivity contribution in [1.29, 1.82) is 0 Å². The van der Waals surface area contributed by atoms with Crippen LogP contribution in [0.5, 0.6) is 0 Å². The van der Waals surface area contributed by atoms with E-state index in [1.807, 2.05) is 0 Å². The number of aromatic nitrogens is 1. The zero-order valence-corrected chi connectivity index (χ0v) is 15.4. The molecule has 9 heteroatoms. The average Bonchev–Trinajstić information content (AvgIpc) is 2.73. The Balaban J connectivity index is 1.63. The van der Waals surface area contributed by atoms with Gasteiger partial charge in [-0.3, -0.25) is 4.79 Å². The normalized spacial score (nSPS) is 15.1. The molecule has 1 aromatic heterocycles. The van der Waals surface area contributed by atoms with Gasteiger partial charge in [0.25, 0.3) is 0 Å². The fourth-order valence-corrected chi connectivity index (χ4v) is 3.27. The SMILES string of the molecule is [C-]#[N+]c1ccc(N2CCC(C(=O)Nc3ccc(CO)cn3)CC2)cc1C(F)(F)F. The van der Waals surface area contributed by atoms with Gasteiger partial charge in [-0.25, -0.2) is 9.83 Å². The van der Waals surface area contributed by atoms with Crippen LogP contribution in [0.3, 0.4) is 0 Å². The summed E-state index contributed by atoms with van der Waals surface area (Å²) in [5, 5.41) is 11.7. The Kier molecular flexibility index (Phi) is 6.03. The molecule has 0 aliphatic carbocycles. The molecule has 2 aromatic rings. The number of carbonyl (C=O) groups excluding carboxylic acids is 1. The van der Waals surface area contributed by atoms with Gasteiger partial charge in [-0.15, -0.1) is 0 Å². The molecule has 0 saturated carbocycles. The second-order valence-electron chi connectivity index (χ2n) is 6.77. The Morgan fingerprint density at radius 3 is 2.55 bits per heavy atom. The van der Waals surface area contributed by atoms with Crippen molar-refractivity contribution in [2.24, 2.45) is 5.92 Å². The van der Waals surface area contributed by atoms with Gasteiger partial charge in [-0.05, 0) is 36.6 Å². The molecule has 0 radical (unpaired) electrons. The minimum absolute atomic E-state index is 0.132. The second kappa shape index (κ2) is 8.49. The van der Waals surface area contributed by atoms with E-state index >= 15 is 0 Å². The maximum Gasteiger partial charge on any atom is 0.407 e. The first kappa shape index (κ1) is 20.6. The molecular weight excluding hydrogens is 385 g/mol. The third-order valence-corrected chi connectivity index (χ3v) is 4.90. The van der Waals surface area contributed by atoms with E-state index in [1.54, 1.807) is 17.0 Å². The maximum atomic E-state index is 13.2. The number of nitrogens with one attached hydrogen (secondary N) is 1. The number of anilines is 2. The predicted octanol–water partition coefficient (Wildman–Crippen LogP) is 4.00. The first-order valence-corrected chi connectivity index (χ1v) is 9.02. The Morgan fingerprint density at radius 1 is 1.28 bits per heavy atom. The highest BCUT2D eigenvalue weighted by Crippen LogP contribution is 2.39. The molecule has 1 amide bonds. The number of benzene rings is 1. The molecule has 1 fully saturated rings. The molecular formula is C20H19F3N4O2. The van der Waals surface area contributed by atoms with Crippen LogP contribution in [0.2, 0.25) is 0 Å². The van der Waals surface area contributed by atoms with Gasteiger partial charge >= 0.3 is 6.18 Å². The number of pyridine rings is 1. The largest absolute Gasteiger partial charge is 0.407 e. The Labute approximate surface area is 165 Å². The number of aliphatic hydroxyl groups excluding tert-OH is 1. The summed E-state index contributed by atoms with van der Waals surface area (Å²) >= 11 is 0. The van der Waals surface area contributed by atoms with Crippen LogP contribution in [0.4, 0.5) is 30.4 Å². The number of piperidine rings is 1. The molecule has 3 rings (SSSR count). The van der Waals surface area contributed by atoms with Crippen LogP contribution in [0.25, 0.3) is 4.85 Å². The van der Waals surface area contributed by atoms with Crippen LogP contribution in [-0.2, 0) is 17.6 Å². The molecule has 0 spiro atoms. The highest BCUT2D eigenvalue weighted by atomic mass is 19.4. The lowest BCUT2D eigenvalue weighted by molar-refractivity contribution is -0.136. The summed E-state index contributed by atoms with van der Waals surface area (Å²) in [6.07, 6.45) is -2.13. The van der Waals surface area contributed by atoms with E-state index in [2.05, 4.69) is 15.1 Å². The number of rotatable bonds is 4. The summed E-state index contributed by atoms with van der Waals surface area (Å²) in [6, 6.07) is 6.97. The number of nitrogens with zero attached hydrogens (tertiary/aromatic N) is 3. The number of alkyl halides is 3. The molecule has 1 saturated heterocycles. The van der Waals surface area contributed by atoms with Gasteiger partial charge in [0.2, 0.25) is 5.91 Å².